The van der Waals surface area contributed by atoms with Gasteiger partial charge in [-0.05, 0) is 18.9 Å². The molecule has 0 atom stereocenters. The van der Waals surface area contributed by atoms with Crippen LogP contribution in [0.4, 0.5) is 0 Å². The van der Waals surface area contributed by atoms with Crippen LogP contribution in [0.2, 0.25) is 0 Å². The van der Waals surface area contributed by atoms with Crippen LogP contribution in [0, 0.1) is 0 Å². The summed E-state index contributed by atoms with van der Waals surface area (Å²) < 4.78 is 34.6. The second kappa shape index (κ2) is 6.34. The smallest absolute Gasteiger partial charge is 0.282 e. The lowest BCUT2D eigenvalue weighted by Crippen LogP contribution is -2.44. The molecule has 0 aromatic heterocycles. The summed E-state index contributed by atoms with van der Waals surface area (Å²) in [6, 6.07) is 7.67. The lowest BCUT2D eigenvalue weighted by Gasteiger charge is -2.27. The van der Waals surface area contributed by atoms with Crippen molar-refractivity contribution in [2.75, 3.05) is 26.2 Å². The third kappa shape index (κ3) is 3.22. The minimum absolute atomic E-state index is 0.398. The summed E-state index contributed by atoms with van der Waals surface area (Å²) in [5, 5.41) is 0. The highest BCUT2D eigenvalue weighted by atomic mass is 32.2. The van der Waals surface area contributed by atoms with E-state index >= 15 is 0 Å². The van der Waals surface area contributed by atoms with Crippen molar-refractivity contribution in [1.29, 1.82) is 0 Å². The molecule has 0 N–H and O–H groups in total. The van der Waals surface area contributed by atoms with Gasteiger partial charge in [0.1, 0.15) is 12.4 Å². The Balaban J connectivity index is 1.82. The first-order valence-electron chi connectivity index (χ1n) is 7.64. The molecule has 116 valence electrons. The molecule has 0 amide bonds. The first kappa shape index (κ1) is 14.8. The summed E-state index contributed by atoms with van der Waals surface area (Å²) in [7, 11) is -3.39. The number of para-hydroxylation sites is 1. The Morgan fingerprint density at radius 2 is 1.62 bits per heavy atom. The largest absolute Gasteiger partial charge is 0.492 e. The SMILES string of the molecule is O=S(=O)(N1CCCCCC1)N1CCOc2ccccc2C1. The van der Waals surface area contributed by atoms with Crippen LogP contribution in [0.5, 0.6) is 5.75 Å². The summed E-state index contributed by atoms with van der Waals surface area (Å²) in [5.41, 5.74) is 0.938. The molecule has 21 heavy (non-hydrogen) atoms. The van der Waals surface area contributed by atoms with Gasteiger partial charge in [0.15, 0.2) is 0 Å². The van der Waals surface area contributed by atoms with Gasteiger partial charge in [-0.1, -0.05) is 31.0 Å². The van der Waals surface area contributed by atoms with Crippen LogP contribution in [0.1, 0.15) is 31.2 Å². The summed E-state index contributed by atoms with van der Waals surface area (Å²) in [6.07, 6.45) is 4.16. The molecule has 2 heterocycles. The van der Waals surface area contributed by atoms with E-state index in [0.717, 1.165) is 37.0 Å². The molecule has 0 aliphatic carbocycles. The number of rotatable bonds is 2. The van der Waals surface area contributed by atoms with Crippen molar-refractivity contribution < 1.29 is 13.2 Å². The Labute approximate surface area is 126 Å². The Bertz CT molecular complexity index is 580. The van der Waals surface area contributed by atoms with Crippen LogP contribution < -0.4 is 4.74 Å². The van der Waals surface area contributed by atoms with Crippen molar-refractivity contribution in [1.82, 2.24) is 8.61 Å². The molecule has 0 unspecified atom stereocenters. The highest BCUT2D eigenvalue weighted by molar-refractivity contribution is 7.86. The molecule has 1 saturated heterocycles. The van der Waals surface area contributed by atoms with Gasteiger partial charge in [0.2, 0.25) is 0 Å². The fourth-order valence-corrected chi connectivity index (χ4v) is 4.59. The molecule has 1 fully saturated rings. The summed E-state index contributed by atoms with van der Waals surface area (Å²) >= 11 is 0. The average Bonchev–Trinajstić information content (AvgIpc) is 2.88. The van der Waals surface area contributed by atoms with Crippen molar-refractivity contribution >= 4 is 10.2 Å². The highest BCUT2D eigenvalue weighted by Gasteiger charge is 2.31. The van der Waals surface area contributed by atoms with E-state index in [2.05, 4.69) is 0 Å². The molecule has 1 aromatic carbocycles. The van der Waals surface area contributed by atoms with Crippen molar-refractivity contribution in [2.45, 2.75) is 32.2 Å². The second-order valence-corrected chi connectivity index (χ2v) is 7.54. The molecular weight excluding hydrogens is 288 g/mol. The van der Waals surface area contributed by atoms with Gasteiger partial charge in [-0.2, -0.15) is 17.0 Å². The normalized spacial score (nSPS) is 21.9. The van der Waals surface area contributed by atoms with Gasteiger partial charge in [0.25, 0.3) is 10.2 Å². The molecule has 0 radical (unpaired) electrons. The monoisotopic (exact) mass is 310 g/mol. The molecule has 1 aromatic rings. The maximum Gasteiger partial charge on any atom is 0.282 e. The van der Waals surface area contributed by atoms with Gasteiger partial charge in [0, 0.05) is 31.7 Å². The minimum atomic E-state index is -3.39. The van der Waals surface area contributed by atoms with E-state index in [9.17, 15) is 8.42 Å². The number of benzene rings is 1. The third-order valence-electron chi connectivity index (χ3n) is 4.14. The fraction of sp³-hybridized carbons (Fsp3) is 0.600. The van der Waals surface area contributed by atoms with Crippen LogP contribution >= 0.6 is 0 Å². The van der Waals surface area contributed by atoms with E-state index in [1.54, 1.807) is 8.61 Å². The Morgan fingerprint density at radius 3 is 2.38 bits per heavy atom. The van der Waals surface area contributed by atoms with E-state index in [4.69, 9.17) is 4.74 Å². The lowest BCUT2D eigenvalue weighted by atomic mass is 10.2. The van der Waals surface area contributed by atoms with Crippen molar-refractivity contribution in [3.05, 3.63) is 29.8 Å². The summed E-state index contributed by atoms with van der Waals surface area (Å²) in [5.74, 6) is 0.797. The predicted molar refractivity (Wildman–Crippen MR) is 81.3 cm³/mol. The number of hydrogen-bond donors (Lipinski definition) is 0. The van der Waals surface area contributed by atoms with Gasteiger partial charge >= 0.3 is 0 Å². The average molecular weight is 310 g/mol. The standard InChI is InChI=1S/C15H22N2O3S/c18-21(19,16-9-5-1-2-6-10-16)17-11-12-20-15-8-4-3-7-14(15)13-17/h3-4,7-8H,1-2,5-6,9-13H2. The van der Waals surface area contributed by atoms with Crippen molar-refractivity contribution in [2.24, 2.45) is 0 Å². The number of fused-ring (bicyclic) bond motifs is 1. The Kier molecular flexibility index (Phi) is 4.47. The molecule has 0 spiro atoms. The van der Waals surface area contributed by atoms with Crippen LogP contribution in [0.25, 0.3) is 0 Å². The number of ether oxygens (including phenoxy) is 1. The molecule has 0 bridgehead atoms. The molecule has 2 aliphatic rings. The maximum absolute atomic E-state index is 12.9. The van der Waals surface area contributed by atoms with E-state index in [0.29, 0.717) is 32.8 Å². The molecule has 0 saturated carbocycles. The maximum atomic E-state index is 12.9. The van der Waals surface area contributed by atoms with Gasteiger partial charge in [-0.15, -0.1) is 0 Å². The Hall–Kier alpha value is -1.11. The zero-order valence-corrected chi connectivity index (χ0v) is 13.0. The first-order valence-corrected chi connectivity index (χ1v) is 9.03. The minimum Gasteiger partial charge on any atom is -0.492 e. The van der Waals surface area contributed by atoms with E-state index in [1.165, 1.54) is 0 Å². The zero-order valence-electron chi connectivity index (χ0n) is 12.2. The molecule has 6 heteroatoms. The van der Waals surface area contributed by atoms with E-state index < -0.39 is 10.2 Å². The molecule has 2 aliphatic heterocycles. The fourth-order valence-electron chi connectivity index (χ4n) is 2.93. The Morgan fingerprint density at radius 1 is 0.905 bits per heavy atom. The molecule has 5 nitrogen and oxygen atoms in total. The summed E-state index contributed by atoms with van der Waals surface area (Å²) in [4.78, 5) is 0. The number of nitrogens with zero attached hydrogens (tertiary/aromatic N) is 2. The third-order valence-corrected chi connectivity index (χ3v) is 6.12. The quantitative estimate of drug-likeness (QED) is 0.839. The first-order chi connectivity index (χ1) is 10.2. The predicted octanol–water partition coefficient (Wildman–Crippen LogP) is 2.00. The van der Waals surface area contributed by atoms with Gasteiger partial charge in [0.05, 0.1) is 0 Å². The summed E-state index contributed by atoms with van der Waals surface area (Å²) in [6.45, 7) is 2.50. The van der Waals surface area contributed by atoms with Gasteiger partial charge in [-0.25, -0.2) is 0 Å². The van der Waals surface area contributed by atoms with Crippen LogP contribution in [-0.4, -0.2) is 43.3 Å². The topological polar surface area (TPSA) is 49.9 Å². The van der Waals surface area contributed by atoms with Crippen LogP contribution in [0.3, 0.4) is 0 Å². The van der Waals surface area contributed by atoms with E-state index in [-0.39, 0.29) is 0 Å². The van der Waals surface area contributed by atoms with Crippen molar-refractivity contribution in [3.63, 3.8) is 0 Å². The molecule has 3 rings (SSSR count). The number of hydrogen-bond acceptors (Lipinski definition) is 3. The highest BCUT2D eigenvalue weighted by Crippen LogP contribution is 2.25. The van der Waals surface area contributed by atoms with Gasteiger partial charge < -0.3 is 4.74 Å². The molecular formula is C15H22N2O3S. The lowest BCUT2D eigenvalue weighted by molar-refractivity contribution is 0.279. The zero-order chi connectivity index (χ0) is 14.7. The second-order valence-electron chi connectivity index (χ2n) is 5.61. The van der Waals surface area contributed by atoms with Crippen molar-refractivity contribution in [3.8, 4) is 5.75 Å². The van der Waals surface area contributed by atoms with Crippen LogP contribution in [0.15, 0.2) is 24.3 Å². The van der Waals surface area contributed by atoms with E-state index in [1.807, 2.05) is 24.3 Å². The van der Waals surface area contributed by atoms with Crippen LogP contribution in [-0.2, 0) is 16.8 Å². The van der Waals surface area contributed by atoms with Gasteiger partial charge in [-0.3, -0.25) is 0 Å².